The summed E-state index contributed by atoms with van der Waals surface area (Å²) in [5.41, 5.74) is 0. The molecule has 2 atom stereocenters. The van der Waals surface area contributed by atoms with Crippen LogP contribution in [0.1, 0.15) is 33.1 Å². The Bertz CT molecular complexity index is 331. The molecule has 0 saturated carbocycles. The van der Waals surface area contributed by atoms with Gasteiger partial charge in [0.15, 0.2) is 0 Å². The van der Waals surface area contributed by atoms with Gasteiger partial charge in [-0.2, -0.15) is 13.2 Å². The number of imide groups is 1. The molecule has 0 aromatic carbocycles. The van der Waals surface area contributed by atoms with Gasteiger partial charge >= 0.3 is 6.18 Å². The van der Waals surface area contributed by atoms with Gasteiger partial charge in [0.2, 0.25) is 11.8 Å². The van der Waals surface area contributed by atoms with Crippen LogP contribution >= 0.6 is 0 Å². The molecule has 1 fully saturated rings. The van der Waals surface area contributed by atoms with Crippen molar-refractivity contribution in [3.05, 3.63) is 0 Å². The largest absolute Gasteiger partial charge is 0.390 e. The third-order valence-corrected chi connectivity index (χ3v) is 3.01. The minimum absolute atomic E-state index is 0.0545. The summed E-state index contributed by atoms with van der Waals surface area (Å²) in [7, 11) is 0. The summed E-state index contributed by atoms with van der Waals surface area (Å²) < 4.78 is 35.9. The van der Waals surface area contributed by atoms with Crippen LogP contribution in [0.2, 0.25) is 0 Å². The van der Waals surface area contributed by atoms with E-state index in [0.717, 1.165) is 4.90 Å². The van der Waals surface area contributed by atoms with E-state index in [1.807, 2.05) is 6.92 Å². The molecule has 2 unspecified atom stereocenters. The molecule has 7 heteroatoms. The number of halogens is 3. The summed E-state index contributed by atoms with van der Waals surface area (Å²) in [6.45, 7) is 3.24. The second-order valence-electron chi connectivity index (χ2n) is 4.44. The third-order valence-electron chi connectivity index (χ3n) is 3.01. The van der Waals surface area contributed by atoms with Gasteiger partial charge in [0, 0.05) is 12.6 Å². The number of nitrogens with zero attached hydrogens (tertiary/aromatic N) is 1. The van der Waals surface area contributed by atoms with Gasteiger partial charge in [0.1, 0.15) is 0 Å². The van der Waals surface area contributed by atoms with E-state index < -0.39 is 24.5 Å². The van der Waals surface area contributed by atoms with Gasteiger partial charge in [-0.1, -0.05) is 6.92 Å². The number of nitrogens with one attached hydrogen (secondary N) is 1. The van der Waals surface area contributed by atoms with Crippen LogP contribution < -0.4 is 5.32 Å². The fourth-order valence-corrected chi connectivity index (χ4v) is 1.84. The molecule has 0 bridgehead atoms. The van der Waals surface area contributed by atoms with Crippen molar-refractivity contribution in [2.24, 2.45) is 0 Å². The van der Waals surface area contributed by atoms with E-state index in [1.165, 1.54) is 0 Å². The molecule has 0 aliphatic carbocycles. The Kier molecular flexibility index (Phi) is 4.72. The van der Waals surface area contributed by atoms with E-state index in [9.17, 15) is 22.8 Å². The van der Waals surface area contributed by atoms with Crippen LogP contribution in [-0.2, 0) is 9.59 Å². The van der Waals surface area contributed by atoms with E-state index in [2.05, 4.69) is 5.32 Å². The normalized spacial score (nSPS) is 22.7. The number of carbonyl (C=O) groups is 2. The van der Waals surface area contributed by atoms with Crippen molar-refractivity contribution in [2.45, 2.75) is 51.4 Å². The highest BCUT2D eigenvalue weighted by atomic mass is 19.4. The Balaban J connectivity index is 2.51. The minimum atomic E-state index is -4.25. The molecule has 104 valence electrons. The molecule has 1 aliphatic heterocycles. The molecule has 1 saturated heterocycles. The van der Waals surface area contributed by atoms with Gasteiger partial charge in [0.05, 0.1) is 18.9 Å². The van der Waals surface area contributed by atoms with Crippen molar-refractivity contribution in [1.29, 1.82) is 0 Å². The number of hydrogen-bond acceptors (Lipinski definition) is 3. The molecule has 1 aliphatic rings. The number of alkyl halides is 3. The predicted molar refractivity (Wildman–Crippen MR) is 58.7 cm³/mol. The average Bonchev–Trinajstić information content (AvgIpc) is 2.52. The first-order chi connectivity index (χ1) is 8.26. The summed E-state index contributed by atoms with van der Waals surface area (Å²) in [6.07, 6.45) is -4.68. The Morgan fingerprint density at radius 1 is 1.44 bits per heavy atom. The lowest BCUT2D eigenvalue weighted by molar-refractivity contribution is -0.142. The van der Waals surface area contributed by atoms with Crippen molar-refractivity contribution in [2.75, 3.05) is 6.54 Å². The van der Waals surface area contributed by atoms with Gasteiger partial charge in [-0.25, -0.2) is 0 Å². The second kappa shape index (κ2) is 5.69. The lowest BCUT2D eigenvalue weighted by atomic mass is 10.2. The third kappa shape index (κ3) is 3.69. The molecule has 1 N–H and O–H groups in total. The molecule has 0 spiro atoms. The topological polar surface area (TPSA) is 49.4 Å². The monoisotopic (exact) mass is 266 g/mol. The van der Waals surface area contributed by atoms with Gasteiger partial charge in [-0.15, -0.1) is 0 Å². The molecule has 0 radical (unpaired) electrons. The SMILES string of the molecule is CCC(C)N1C(=O)CC(NCCC(F)(F)F)C1=O. The van der Waals surface area contributed by atoms with E-state index in [0.29, 0.717) is 6.42 Å². The molecule has 0 aromatic heterocycles. The van der Waals surface area contributed by atoms with Crippen LogP contribution in [0.15, 0.2) is 0 Å². The van der Waals surface area contributed by atoms with Crippen LogP contribution in [-0.4, -0.2) is 41.5 Å². The maximum atomic E-state index is 12.0. The Hall–Kier alpha value is -1.11. The summed E-state index contributed by atoms with van der Waals surface area (Å²) in [6, 6.07) is -1.02. The lowest BCUT2D eigenvalue weighted by Gasteiger charge is -2.21. The quantitative estimate of drug-likeness (QED) is 0.766. The number of hydrogen-bond donors (Lipinski definition) is 1. The zero-order chi connectivity index (χ0) is 13.9. The van der Waals surface area contributed by atoms with Crippen LogP contribution in [0.25, 0.3) is 0 Å². The van der Waals surface area contributed by atoms with E-state index >= 15 is 0 Å². The van der Waals surface area contributed by atoms with E-state index in [-0.39, 0.29) is 24.9 Å². The summed E-state index contributed by atoms with van der Waals surface area (Å²) in [5.74, 6) is -0.740. The second-order valence-corrected chi connectivity index (χ2v) is 4.44. The molecule has 4 nitrogen and oxygen atoms in total. The summed E-state index contributed by atoms with van der Waals surface area (Å²) >= 11 is 0. The molecular weight excluding hydrogens is 249 g/mol. The molecule has 2 amide bonds. The lowest BCUT2D eigenvalue weighted by Crippen LogP contribution is -2.43. The summed E-state index contributed by atoms with van der Waals surface area (Å²) in [5, 5.41) is 2.50. The molecule has 1 heterocycles. The Morgan fingerprint density at radius 3 is 2.56 bits per heavy atom. The van der Waals surface area contributed by atoms with Crippen LogP contribution in [0.3, 0.4) is 0 Å². The van der Waals surface area contributed by atoms with Crippen molar-refractivity contribution in [3.63, 3.8) is 0 Å². The van der Waals surface area contributed by atoms with Gasteiger partial charge in [-0.3, -0.25) is 14.5 Å². The highest BCUT2D eigenvalue weighted by Gasteiger charge is 2.40. The first-order valence-corrected chi connectivity index (χ1v) is 5.92. The minimum Gasteiger partial charge on any atom is -0.305 e. The number of carbonyl (C=O) groups excluding carboxylic acids is 2. The number of rotatable bonds is 5. The summed E-state index contributed by atoms with van der Waals surface area (Å²) in [4.78, 5) is 24.6. The fourth-order valence-electron chi connectivity index (χ4n) is 1.84. The number of amides is 2. The van der Waals surface area contributed by atoms with Gasteiger partial charge < -0.3 is 5.32 Å². The van der Waals surface area contributed by atoms with E-state index in [1.54, 1.807) is 6.92 Å². The molecular formula is C11H17F3N2O2. The zero-order valence-electron chi connectivity index (χ0n) is 10.4. The average molecular weight is 266 g/mol. The van der Waals surface area contributed by atoms with E-state index in [4.69, 9.17) is 0 Å². The standard InChI is InChI=1S/C11H17F3N2O2/c1-3-7(2)16-9(17)6-8(10(16)18)15-5-4-11(12,13)14/h7-8,15H,3-6H2,1-2H3. The maximum Gasteiger partial charge on any atom is 0.390 e. The molecule has 0 aromatic rings. The Morgan fingerprint density at radius 2 is 2.06 bits per heavy atom. The molecule has 1 rings (SSSR count). The van der Waals surface area contributed by atoms with Crippen LogP contribution in [0, 0.1) is 0 Å². The van der Waals surface area contributed by atoms with Crippen molar-refractivity contribution < 1.29 is 22.8 Å². The maximum absolute atomic E-state index is 12.0. The predicted octanol–water partition coefficient (Wildman–Crippen LogP) is 1.45. The van der Waals surface area contributed by atoms with Crippen LogP contribution in [0.5, 0.6) is 0 Å². The molecule has 18 heavy (non-hydrogen) atoms. The Labute approximate surface area is 104 Å². The smallest absolute Gasteiger partial charge is 0.305 e. The first kappa shape index (κ1) is 14.9. The van der Waals surface area contributed by atoms with Gasteiger partial charge in [0.25, 0.3) is 0 Å². The fraction of sp³-hybridized carbons (Fsp3) is 0.818. The van der Waals surface area contributed by atoms with Crippen molar-refractivity contribution in [3.8, 4) is 0 Å². The van der Waals surface area contributed by atoms with Crippen molar-refractivity contribution in [1.82, 2.24) is 10.2 Å². The highest BCUT2D eigenvalue weighted by molar-refractivity contribution is 6.05. The number of likely N-dealkylation sites (tertiary alicyclic amines) is 1. The zero-order valence-corrected chi connectivity index (χ0v) is 10.4. The highest BCUT2D eigenvalue weighted by Crippen LogP contribution is 2.20. The van der Waals surface area contributed by atoms with Crippen LogP contribution in [0.4, 0.5) is 13.2 Å². The van der Waals surface area contributed by atoms with Gasteiger partial charge in [-0.05, 0) is 13.3 Å². The first-order valence-electron chi connectivity index (χ1n) is 5.92. The van der Waals surface area contributed by atoms with Crippen molar-refractivity contribution >= 4 is 11.8 Å².